The molecule has 0 fully saturated rings. The topological polar surface area (TPSA) is 77.5 Å². The summed E-state index contributed by atoms with van der Waals surface area (Å²) in [4.78, 5) is 27.3. The van der Waals surface area contributed by atoms with Gasteiger partial charge in [-0.1, -0.05) is 29.3 Å². The van der Waals surface area contributed by atoms with E-state index in [4.69, 9.17) is 9.47 Å². The van der Waals surface area contributed by atoms with E-state index in [1.807, 2.05) is 44.2 Å². The van der Waals surface area contributed by atoms with Crippen molar-refractivity contribution in [2.24, 2.45) is 0 Å². The Labute approximate surface area is 176 Å². The molecule has 1 aliphatic heterocycles. The summed E-state index contributed by atoms with van der Waals surface area (Å²) in [5.74, 6) is -0.567. The summed E-state index contributed by atoms with van der Waals surface area (Å²) < 4.78 is 9.54. The number of carbonyl (C=O) groups excluding carboxylic acids is 2. The first-order chi connectivity index (χ1) is 14.4. The van der Waals surface area contributed by atoms with Crippen molar-refractivity contribution < 1.29 is 19.1 Å². The van der Waals surface area contributed by atoms with Gasteiger partial charge in [0.1, 0.15) is 0 Å². The molecule has 0 aliphatic carbocycles. The number of carbonyl (C=O) groups is 2. The van der Waals surface area contributed by atoms with Crippen LogP contribution in [0.4, 0.5) is 5.69 Å². The number of aryl methyl sites for hydroxylation is 2. The van der Waals surface area contributed by atoms with Gasteiger partial charge in [0.25, 0.3) is 0 Å². The Kier molecular flexibility index (Phi) is 6.67. The lowest BCUT2D eigenvalue weighted by molar-refractivity contribution is -0.142. The molecule has 4 rings (SSSR count). The van der Waals surface area contributed by atoms with Crippen LogP contribution in [0.15, 0.2) is 48.7 Å². The Morgan fingerprint density at radius 1 is 1.00 bits per heavy atom. The molecule has 1 N–H and O–H groups in total. The van der Waals surface area contributed by atoms with Crippen molar-refractivity contribution in [2.75, 3.05) is 26.1 Å². The number of nitrogens with one attached hydrogen (secondary N) is 1. The molecule has 1 atom stereocenters. The predicted molar refractivity (Wildman–Crippen MR) is 117 cm³/mol. The van der Waals surface area contributed by atoms with Crippen LogP contribution >= 0.6 is 0 Å². The van der Waals surface area contributed by atoms with E-state index in [2.05, 4.69) is 16.4 Å². The number of methoxy groups -OCH3 is 2. The van der Waals surface area contributed by atoms with Gasteiger partial charge < -0.3 is 14.8 Å². The Morgan fingerprint density at radius 2 is 1.73 bits per heavy atom. The lowest BCUT2D eigenvalue weighted by Crippen LogP contribution is -2.23. The van der Waals surface area contributed by atoms with Gasteiger partial charge in [0, 0.05) is 23.8 Å². The number of fused-ring (bicyclic) bond motifs is 2. The molecule has 2 heterocycles. The van der Waals surface area contributed by atoms with Crippen molar-refractivity contribution in [1.82, 2.24) is 4.98 Å². The van der Waals surface area contributed by atoms with Gasteiger partial charge in [-0.15, -0.1) is 0 Å². The van der Waals surface area contributed by atoms with Gasteiger partial charge >= 0.3 is 11.9 Å². The second kappa shape index (κ2) is 9.39. The highest BCUT2D eigenvalue weighted by atomic mass is 16.5. The lowest BCUT2D eigenvalue weighted by Gasteiger charge is -2.25. The van der Waals surface area contributed by atoms with E-state index in [9.17, 15) is 9.59 Å². The van der Waals surface area contributed by atoms with E-state index in [1.54, 1.807) is 12.3 Å². The summed E-state index contributed by atoms with van der Waals surface area (Å²) in [6.45, 7) is 4.84. The molecule has 30 heavy (non-hydrogen) atoms. The zero-order chi connectivity index (χ0) is 21.7. The summed E-state index contributed by atoms with van der Waals surface area (Å²) in [5, 5.41) is 4.13. The number of ether oxygens (including phenoxy) is 2. The minimum Gasteiger partial charge on any atom is -0.469 e. The van der Waals surface area contributed by atoms with Crippen LogP contribution in [-0.2, 0) is 14.3 Å². The Bertz CT molecular complexity index is 1080. The normalized spacial score (nSPS) is 14.6. The number of pyridine rings is 1. The number of nitrogens with zero attached hydrogens (tertiary/aromatic N) is 1. The fraction of sp³-hybridized carbons (Fsp3) is 0.292. The third-order valence-electron chi connectivity index (χ3n) is 5.12. The molecule has 0 bridgehead atoms. The molecule has 6 nitrogen and oxygen atoms in total. The second-order valence-corrected chi connectivity index (χ2v) is 7.25. The Balaban J connectivity index is 0.000000171. The zero-order valence-electron chi connectivity index (χ0n) is 17.7. The third-order valence-corrected chi connectivity index (χ3v) is 5.12. The van der Waals surface area contributed by atoms with Crippen LogP contribution in [0.25, 0.3) is 10.9 Å². The highest BCUT2D eigenvalue weighted by Crippen LogP contribution is 2.32. The van der Waals surface area contributed by atoms with Gasteiger partial charge in [-0.3, -0.25) is 9.78 Å². The number of aromatic nitrogens is 1. The SMILES string of the molecule is COC(=O)C1CCNc2ccc(C)cc21.COC(=O)c1ccnc2ccc(C)cc12. The van der Waals surface area contributed by atoms with Crippen LogP contribution in [-0.4, -0.2) is 37.7 Å². The van der Waals surface area contributed by atoms with Crippen LogP contribution in [0.1, 0.15) is 39.4 Å². The molecule has 1 unspecified atom stereocenters. The van der Waals surface area contributed by atoms with E-state index in [0.29, 0.717) is 5.56 Å². The molecule has 0 saturated carbocycles. The van der Waals surface area contributed by atoms with Crippen molar-refractivity contribution in [3.63, 3.8) is 0 Å². The van der Waals surface area contributed by atoms with Crippen molar-refractivity contribution in [3.8, 4) is 0 Å². The number of esters is 2. The first kappa shape index (κ1) is 21.3. The van der Waals surface area contributed by atoms with Crippen LogP contribution in [0.3, 0.4) is 0 Å². The highest BCUT2D eigenvalue weighted by molar-refractivity contribution is 6.03. The zero-order valence-corrected chi connectivity index (χ0v) is 17.7. The molecule has 6 heteroatoms. The predicted octanol–water partition coefficient (Wildman–Crippen LogP) is 4.40. The summed E-state index contributed by atoms with van der Waals surface area (Å²) in [6, 6.07) is 13.6. The summed E-state index contributed by atoms with van der Waals surface area (Å²) in [5.41, 5.74) is 5.76. The van der Waals surface area contributed by atoms with Crippen LogP contribution in [0.2, 0.25) is 0 Å². The molecule has 0 amide bonds. The van der Waals surface area contributed by atoms with E-state index in [-0.39, 0.29) is 17.9 Å². The molecule has 1 aliphatic rings. The first-order valence-corrected chi connectivity index (χ1v) is 9.80. The number of hydrogen-bond acceptors (Lipinski definition) is 6. The Hall–Kier alpha value is -3.41. The van der Waals surface area contributed by atoms with Gasteiger partial charge in [-0.25, -0.2) is 4.79 Å². The first-order valence-electron chi connectivity index (χ1n) is 9.80. The molecular formula is C24H26N2O4. The van der Waals surface area contributed by atoms with E-state index < -0.39 is 0 Å². The maximum Gasteiger partial charge on any atom is 0.338 e. The molecule has 0 saturated heterocycles. The smallest absolute Gasteiger partial charge is 0.338 e. The third kappa shape index (κ3) is 4.59. The molecule has 2 aromatic carbocycles. The average molecular weight is 406 g/mol. The number of benzene rings is 2. The fourth-order valence-corrected chi connectivity index (χ4v) is 3.57. The van der Waals surface area contributed by atoms with E-state index >= 15 is 0 Å². The number of hydrogen-bond donors (Lipinski definition) is 1. The van der Waals surface area contributed by atoms with Crippen molar-refractivity contribution in [3.05, 3.63) is 70.9 Å². The van der Waals surface area contributed by atoms with E-state index in [1.165, 1.54) is 19.8 Å². The largest absolute Gasteiger partial charge is 0.469 e. The van der Waals surface area contributed by atoms with Gasteiger partial charge in [-0.2, -0.15) is 0 Å². The second-order valence-electron chi connectivity index (χ2n) is 7.25. The van der Waals surface area contributed by atoms with Gasteiger partial charge in [0.2, 0.25) is 0 Å². The van der Waals surface area contributed by atoms with Gasteiger partial charge in [-0.05, 0) is 50.1 Å². The Morgan fingerprint density at radius 3 is 2.47 bits per heavy atom. The van der Waals surface area contributed by atoms with E-state index in [0.717, 1.165) is 40.7 Å². The molecule has 0 spiro atoms. The number of rotatable bonds is 2. The molecule has 3 aromatic rings. The van der Waals surface area contributed by atoms with Gasteiger partial charge in [0.15, 0.2) is 0 Å². The van der Waals surface area contributed by atoms with Crippen LogP contribution in [0.5, 0.6) is 0 Å². The maximum absolute atomic E-state index is 11.6. The maximum atomic E-state index is 11.6. The fourth-order valence-electron chi connectivity index (χ4n) is 3.57. The molecule has 0 radical (unpaired) electrons. The lowest BCUT2D eigenvalue weighted by atomic mass is 9.90. The summed E-state index contributed by atoms with van der Waals surface area (Å²) >= 11 is 0. The van der Waals surface area contributed by atoms with Crippen molar-refractivity contribution >= 4 is 28.5 Å². The number of anilines is 1. The summed E-state index contributed by atoms with van der Waals surface area (Å²) in [7, 11) is 2.82. The monoisotopic (exact) mass is 406 g/mol. The minimum atomic E-state index is -0.326. The standard InChI is InChI=1S/C12H15NO2.C12H11NO2/c2*1-8-3-4-11-10(7-8)9(5-6-13-11)12(14)15-2/h3-4,7,9,13H,5-6H2,1-2H3;3-7H,1-2H3. The van der Waals surface area contributed by atoms with Gasteiger partial charge in [0.05, 0.1) is 31.2 Å². The molecular weight excluding hydrogens is 380 g/mol. The van der Waals surface area contributed by atoms with Crippen molar-refractivity contribution in [2.45, 2.75) is 26.2 Å². The molecule has 1 aromatic heterocycles. The quantitative estimate of drug-likeness (QED) is 0.636. The molecule has 156 valence electrons. The highest BCUT2D eigenvalue weighted by Gasteiger charge is 2.26. The van der Waals surface area contributed by atoms with Crippen LogP contribution in [0, 0.1) is 13.8 Å². The van der Waals surface area contributed by atoms with Crippen LogP contribution < -0.4 is 5.32 Å². The van der Waals surface area contributed by atoms with Crippen molar-refractivity contribution in [1.29, 1.82) is 0 Å². The minimum absolute atomic E-state index is 0.105. The average Bonchev–Trinajstić information content (AvgIpc) is 2.77. The summed E-state index contributed by atoms with van der Waals surface area (Å²) in [6.07, 6.45) is 2.42.